The Bertz CT molecular complexity index is 696. The van der Waals surface area contributed by atoms with E-state index in [1.807, 2.05) is 0 Å². The SMILES string of the molecule is O=C(c1ccc(COc2ccc(F)cc2)o1)N1CCCCC1CCO. The molecule has 134 valence electrons. The van der Waals surface area contributed by atoms with E-state index in [1.54, 1.807) is 17.0 Å². The maximum absolute atomic E-state index is 12.9. The van der Waals surface area contributed by atoms with E-state index in [0.29, 0.717) is 24.5 Å². The molecular formula is C19H22FNO4. The number of nitrogens with zero attached hydrogens (tertiary/aromatic N) is 1. The molecule has 0 bridgehead atoms. The van der Waals surface area contributed by atoms with E-state index in [-0.39, 0.29) is 36.7 Å². The van der Waals surface area contributed by atoms with Gasteiger partial charge in [-0.2, -0.15) is 0 Å². The molecule has 0 saturated carbocycles. The van der Waals surface area contributed by atoms with Gasteiger partial charge in [0.2, 0.25) is 0 Å². The molecule has 1 aliphatic heterocycles. The fraction of sp³-hybridized carbons (Fsp3) is 0.421. The molecule has 0 aliphatic carbocycles. The summed E-state index contributed by atoms with van der Waals surface area (Å²) in [6.07, 6.45) is 3.54. The molecule has 0 spiro atoms. The molecule has 1 amide bonds. The predicted molar refractivity (Wildman–Crippen MR) is 89.8 cm³/mol. The van der Waals surface area contributed by atoms with Crippen LogP contribution in [0.1, 0.15) is 42.0 Å². The molecule has 1 saturated heterocycles. The number of hydrogen-bond acceptors (Lipinski definition) is 4. The van der Waals surface area contributed by atoms with Gasteiger partial charge in [0.15, 0.2) is 5.76 Å². The summed E-state index contributed by atoms with van der Waals surface area (Å²) < 4.78 is 24.0. The number of likely N-dealkylation sites (tertiary alicyclic amines) is 1. The van der Waals surface area contributed by atoms with Crippen LogP contribution in [0.25, 0.3) is 0 Å². The molecule has 1 aliphatic rings. The Kier molecular flexibility index (Phi) is 5.71. The van der Waals surface area contributed by atoms with E-state index >= 15 is 0 Å². The third kappa shape index (κ3) is 4.39. The van der Waals surface area contributed by atoms with Crippen LogP contribution < -0.4 is 4.74 Å². The lowest BCUT2D eigenvalue weighted by Crippen LogP contribution is -2.44. The van der Waals surface area contributed by atoms with E-state index in [0.717, 1.165) is 19.3 Å². The van der Waals surface area contributed by atoms with Crippen LogP contribution in [0.5, 0.6) is 5.75 Å². The van der Waals surface area contributed by atoms with Gasteiger partial charge in [0, 0.05) is 19.2 Å². The van der Waals surface area contributed by atoms with Crippen molar-refractivity contribution in [3.05, 3.63) is 53.7 Å². The van der Waals surface area contributed by atoms with Crippen LogP contribution in [0.4, 0.5) is 4.39 Å². The maximum atomic E-state index is 12.9. The summed E-state index contributed by atoms with van der Waals surface area (Å²) in [5.41, 5.74) is 0. The second-order valence-corrected chi connectivity index (χ2v) is 6.17. The summed E-state index contributed by atoms with van der Waals surface area (Å²) in [6.45, 7) is 0.925. The lowest BCUT2D eigenvalue weighted by Gasteiger charge is -2.34. The molecule has 1 aromatic heterocycles. The van der Waals surface area contributed by atoms with Gasteiger partial charge in [0.05, 0.1) is 0 Å². The topological polar surface area (TPSA) is 62.9 Å². The smallest absolute Gasteiger partial charge is 0.289 e. The second kappa shape index (κ2) is 8.16. The third-order valence-corrected chi connectivity index (χ3v) is 4.42. The molecule has 1 fully saturated rings. The van der Waals surface area contributed by atoms with E-state index in [2.05, 4.69) is 0 Å². The standard InChI is InChI=1S/C19H22FNO4/c20-14-4-6-16(7-5-14)24-13-17-8-9-18(25-17)19(23)21-11-2-1-3-15(21)10-12-22/h4-9,15,22H,1-3,10-13H2. The van der Waals surface area contributed by atoms with Gasteiger partial charge in [-0.3, -0.25) is 4.79 Å². The molecule has 3 rings (SSSR count). The third-order valence-electron chi connectivity index (χ3n) is 4.42. The van der Waals surface area contributed by atoms with Crippen molar-refractivity contribution in [2.24, 2.45) is 0 Å². The molecule has 1 atom stereocenters. The Morgan fingerprint density at radius 3 is 2.80 bits per heavy atom. The summed E-state index contributed by atoms with van der Waals surface area (Å²) in [4.78, 5) is 14.5. The highest BCUT2D eigenvalue weighted by atomic mass is 19.1. The first-order chi connectivity index (χ1) is 12.2. The molecule has 1 N–H and O–H groups in total. The van der Waals surface area contributed by atoms with Crippen molar-refractivity contribution in [3.8, 4) is 5.75 Å². The van der Waals surface area contributed by atoms with Crippen molar-refractivity contribution in [3.63, 3.8) is 0 Å². The van der Waals surface area contributed by atoms with Crippen LogP contribution >= 0.6 is 0 Å². The Morgan fingerprint density at radius 1 is 1.24 bits per heavy atom. The number of amides is 1. The normalized spacial score (nSPS) is 17.5. The quantitative estimate of drug-likeness (QED) is 0.870. The molecular weight excluding hydrogens is 325 g/mol. The minimum atomic E-state index is -0.322. The van der Waals surface area contributed by atoms with Gasteiger partial charge in [0.25, 0.3) is 5.91 Å². The van der Waals surface area contributed by atoms with Gasteiger partial charge in [0.1, 0.15) is 23.9 Å². The van der Waals surface area contributed by atoms with Gasteiger partial charge in [-0.25, -0.2) is 4.39 Å². The number of ether oxygens (including phenoxy) is 1. The highest BCUT2D eigenvalue weighted by Crippen LogP contribution is 2.23. The number of carbonyl (C=O) groups excluding carboxylic acids is 1. The number of furan rings is 1. The first-order valence-electron chi connectivity index (χ1n) is 8.56. The minimum Gasteiger partial charge on any atom is -0.486 e. The first kappa shape index (κ1) is 17.5. The average molecular weight is 347 g/mol. The fourth-order valence-electron chi connectivity index (χ4n) is 3.11. The summed E-state index contributed by atoms with van der Waals surface area (Å²) >= 11 is 0. The number of aliphatic hydroxyl groups excluding tert-OH is 1. The maximum Gasteiger partial charge on any atom is 0.289 e. The summed E-state index contributed by atoms with van der Waals surface area (Å²) in [5.74, 6) is 0.874. The minimum absolute atomic E-state index is 0.0651. The van der Waals surface area contributed by atoms with Gasteiger partial charge < -0.3 is 19.2 Å². The van der Waals surface area contributed by atoms with Crippen LogP contribution in [-0.4, -0.2) is 35.1 Å². The van der Waals surface area contributed by atoms with Crippen LogP contribution in [0.3, 0.4) is 0 Å². The molecule has 0 radical (unpaired) electrons. The number of benzene rings is 1. The average Bonchev–Trinajstić information content (AvgIpc) is 3.10. The van der Waals surface area contributed by atoms with Crippen molar-refractivity contribution >= 4 is 5.91 Å². The summed E-state index contributed by atoms with van der Waals surface area (Å²) in [6, 6.07) is 9.15. The zero-order valence-corrected chi connectivity index (χ0v) is 14.0. The van der Waals surface area contributed by atoms with Gasteiger partial charge >= 0.3 is 0 Å². The number of aliphatic hydroxyl groups is 1. The number of hydrogen-bond donors (Lipinski definition) is 1. The Labute approximate surface area is 146 Å². The molecule has 2 heterocycles. The van der Waals surface area contributed by atoms with Crippen LogP contribution in [0, 0.1) is 5.82 Å². The van der Waals surface area contributed by atoms with Crippen molar-refractivity contribution in [1.82, 2.24) is 4.90 Å². The lowest BCUT2D eigenvalue weighted by atomic mass is 9.99. The molecule has 1 unspecified atom stereocenters. The highest BCUT2D eigenvalue weighted by molar-refractivity contribution is 5.91. The monoisotopic (exact) mass is 347 g/mol. The number of halogens is 1. The van der Waals surface area contributed by atoms with E-state index < -0.39 is 0 Å². The Balaban J connectivity index is 1.61. The Hall–Kier alpha value is -2.34. The van der Waals surface area contributed by atoms with Crippen LogP contribution in [0.2, 0.25) is 0 Å². The van der Waals surface area contributed by atoms with Crippen molar-refractivity contribution in [2.45, 2.75) is 38.3 Å². The van der Waals surface area contributed by atoms with Gasteiger partial charge in [-0.15, -0.1) is 0 Å². The number of piperidine rings is 1. The second-order valence-electron chi connectivity index (χ2n) is 6.17. The van der Waals surface area contributed by atoms with E-state index in [1.165, 1.54) is 24.3 Å². The zero-order chi connectivity index (χ0) is 17.6. The van der Waals surface area contributed by atoms with Crippen LogP contribution in [0.15, 0.2) is 40.8 Å². The summed E-state index contributed by atoms with van der Waals surface area (Å²) in [7, 11) is 0. The summed E-state index contributed by atoms with van der Waals surface area (Å²) in [5, 5.41) is 9.19. The largest absolute Gasteiger partial charge is 0.486 e. The molecule has 1 aromatic carbocycles. The molecule has 25 heavy (non-hydrogen) atoms. The van der Waals surface area contributed by atoms with Crippen LogP contribution in [-0.2, 0) is 6.61 Å². The predicted octanol–water partition coefficient (Wildman–Crippen LogP) is 3.37. The fourth-order valence-corrected chi connectivity index (χ4v) is 3.11. The Morgan fingerprint density at radius 2 is 2.04 bits per heavy atom. The molecule has 5 nitrogen and oxygen atoms in total. The van der Waals surface area contributed by atoms with Crippen molar-refractivity contribution in [2.75, 3.05) is 13.2 Å². The van der Waals surface area contributed by atoms with Gasteiger partial charge in [-0.05, 0) is 62.1 Å². The number of carbonyl (C=O) groups is 1. The zero-order valence-electron chi connectivity index (χ0n) is 14.0. The molecule has 2 aromatic rings. The van der Waals surface area contributed by atoms with E-state index in [4.69, 9.17) is 9.15 Å². The first-order valence-corrected chi connectivity index (χ1v) is 8.56. The lowest BCUT2D eigenvalue weighted by molar-refractivity contribution is 0.0539. The number of rotatable bonds is 6. The van der Waals surface area contributed by atoms with Crippen molar-refractivity contribution in [1.29, 1.82) is 0 Å². The van der Waals surface area contributed by atoms with Crippen molar-refractivity contribution < 1.29 is 23.4 Å². The van der Waals surface area contributed by atoms with Gasteiger partial charge in [-0.1, -0.05) is 0 Å². The van der Waals surface area contributed by atoms with E-state index in [9.17, 15) is 14.3 Å². The molecule has 6 heteroatoms. The highest BCUT2D eigenvalue weighted by Gasteiger charge is 2.28.